The van der Waals surface area contributed by atoms with Crippen LogP contribution in [-0.2, 0) is 0 Å². The molecule has 0 unspecified atom stereocenters. The normalized spacial score (nSPS) is 16.3. The molecule has 1 aliphatic rings. The number of aryl methyl sites for hydroxylation is 1. The number of nitrogens with zero attached hydrogens (tertiary/aromatic N) is 4. The summed E-state index contributed by atoms with van der Waals surface area (Å²) in [6.45, 7) is 2.88. The van der Waals surface area contributed by atoms with Crippen LogP contribution in [0, 0.1) is 6.92 Å². The maximum atomic E-state index is 12.0. The minimum absolute atomic E-state index is 0.108. The van der Waals surface area contributed by atoms with Gasteiger partial charge in [0.15, 0.2) is 17.6 Å². The number of benzene rings is 1. The Morgan fingerprint density at radius 2 is 2.17 bits per heavy atom. The molecule has 0 aliphatic carbocycles. The highest BCUT2D eigenvalue weighted by Crippen LogP contribution is 2.31. The Morgan fingerprint density at radius 3 is 3.00 bits per heavy atom. The van der Waals surface area contributed by atoms with Crippen LogP contribution in [0.1, 0.15) is 5.69 Å². The summed E-state index contributed by atoms with van der Waals surface area (Å²) in [5.74, 6) is 1.52. The predicted octanol–water partition coefficient (Wildman–Crippen LogP) is 1.74. The van der Waals surface area contributed by atoms with Gasteiger partial charge in [-0.15, -0.1) is 5.10 Å². The van der Waals surface area contributed by atoms with Crippen LogP contribution in [0.3, 0.4) is 0 Å². The van der Waals surface area contributed by atoms with Gasteiger partial charge in [0.2, 0.25) is 10.1 Å². The lowest BCUT2D eigenvalue weighted by Crippen LogP contribution is -2.39. The van der Waals surface area contributed by atoms with E-state index in [0.29, 0.717) is 28.9 Å². The number of hydrogen-bond donors (Lipinski definition) is 0. The van der Waals surface area contributed by atoms with Crippen LogP contribution in [-0.4, -0.2) is 40.9 Å². The molecule has 8 heteroatoms. The lowest BCUT2D eigenvalue weighted by atomic mass is 10.2. The topological polar surface area (TPSA) is 69.0 Å². The van der Waals surface area contributed by atoms with Crippen molar-refractivity contribution in [3.05, 3.63) is 46.4 Å². The van der Waals surface area contributed by atoms with E-state index in [9.17, 15) is 4.79 Å². The monoisotopic (exact) mass is 344 g/mol. The molecule has 3 aromatic rings. The first-order chi connectivity index (χ1) is 11.6. The maximum Gasteiger partial charge on any atom is 0.275 e. The van der Waals surface area contributed by atoms with Crippen molar-refractivity contribution >= 4 is 21.4 Å². The van der Waals surface area contributed by atoms with Crippen molar-refractivity contribution in [2.45, 2.75) is 13.0 Å². The van der Waals surface area contributed by atoms with Crippen LogP contribution < -0.4 is 19.9 Å². The Balaban J connectivity index is 1.54. The van der Waals surface area contributed by atoms with Crippen LogP contribution in [0.25, 0.3) is 4.96 Å². The van der Waals surface area contributed by atoms with Gasteiger partial charge in [0.1, 0.15) is 6.61 Å². The molecular formula is C16H16N4O3S. The van der Waals surface area contributed by atoms with Crippen molar-refractivity contribution in [1.29, 1.82) is 0 Å². The SMILES string of the molecule is Cc1cc(=O)n2nc(N(C)C[C@H]3COc4ccccc4O3)sc2n1. The fourth-order valence-corrected chi connectivity index (χ4v) is 3.52. The Morgan fingerprint density at radius 1 is 1.38 bits per heavy atom. The van der Waals surface area contributed by atoms with E-state index in [2.05, 4.69) is 10.1 Å². The Hall–Kier alpha value is -2.61. The standard InChI is InChI=1S/C16H16N4O3S/c1-10-7-14(21)20-15(17-10)24-16(18-20)19(2)8-11-9-22-12-5-3-4-6-13(12)23-11/h3-7,11H,8-9H2,1-2H3/t11-/m0/s1. The zero-order chi connectivity index (χ0) is 16.7. The number of likely N-dealkylation sites (N-methyl/N-ethyl adjacent to an activating group) is 1. The summed E-state index contributed by atoms with van der Waals surface area (Å²) < 4.78 is 13.0. The zero-order valence-corrected chi connectivity index (χ0v) is 14.1. The van der Waals surface area contributed by atoms with Crippen molar-refractivity contribution in [3.8, 4) is 11.5 Å². The zero-order valence-electron chi connectivity index (χ0n) is 13.3. The highest BCUT2D eigenvalue weighted by molar-refractivity contribution is 7.20. The minimum atomic E-state index is -0.167. The van der Waals surface area contributed by atoms with E-state index in [1.165, 1.54) is 21.9 Å². The molecule has 124 valence electrons. The van der Waals surface area contributed by atoms with Crippen LogP contribution in [0.2, 0.25) is 0 Å². The highest BCUT2D eigenvalue weighted by atomic mass is 32.1. The Bertz CT molecular complexity index is 952. The second-order valence-electron chi connectivity index (χ2n) is 5.69. The Kier molecular flexibility index (Phi) is 3.61. The largest absolute Gasteiger partial charge is 0.486 e. The first kappa shape index (κ1) is 14.9. The van der Waals surface area contributed by atoms with Gasteiger partial charge in [-0.25, -0.2) is 4.98 Å². The predicted molar refractivity (Wildman–Crippen MR) is 91.5 cm³/mol. The van der Waals surface area contributed by atoms with Gasteiger partial charge in [0.25, 0.3) is 5.56 Å². The number of hydrogen-bond acceptors (Lipinski definition) is 7. The summed E-state index contributed by atoms with van der Waals surface area (Å²) in [5, 5.41) is 5.07. The fraction of sp³-hybridized carbons (Fsp3) is 0.312. The molecule has 4 rings (SSSR count). The molecule has 0 fully saturated rings. The van der Waals surface area contributed by atoms with Crippen molar-refractivity contribution in [1.82, 2.24) is 14.6 Å². The summed E-state index contributed by atoms with van der Waals surface area (Å²) in [7, 11) is 1.92. The maximum absolute atomic E-state index is 12.0. The van der Waals surface area contributed by atoms with E-state index in [-0.39, 0.29) is 11.7 Å². The second-order valence-corrected chi connectivity index (χ2v) is 6.63. The van der Waals surface area contributed by atoms with Gasteiger partial charge in [-0.2, -0.15) is 4.52 Å². The van der Waals surface area contributed by atoms with Crippen molar-refractivity contribution in [2.75, 3.05) is 25.1 Å². The van der Waals surface area contributed by atoms with Crippen LogP contribution >= 0.6 is 11.3 Å². The number of aromatic nitrogens is 3. The molecule has 1 aromatic carbocycles. The smallest absolute Gasteiger partial charge is 0.275 e. The average molecular weight is 344 g/mol. The summed E-state index contributed by atoms with van der Waals surface area (Å²) >= 11 is 1.38. The Labute approximate surface area is 142 Å². The number of fused-ring (bicyclic) bond motifs is 2. The quantitative estimate of drug-likeness (QED) is 0.721. The minimum Gasteiger partial charge on any atom is -0.486 e. The van der Waals surface area contributed by atoms with Crippen LogP contribution in [0.4, 0.5) is 5.13 Å². The summed E-state index contributed by atoms with van der Waals surface area (Å²) in [6.07, 6.45) is -0.108. The van der Waals surface area contributed by atoms with Gasteiger partial charge in [-0.05, 0) is 19.1 Å². The third-order valence-corrected chi connectivity index (χ3v) is 4.76. The summed E-state index contributed by atoms with van der Waals surface area (Å²) in [6, 6.07) is 9.10. The molecule has 0 radical (unpaired) electrons. The van der Waals surface area contributed by atoms with Crippen LogP contribution in [0.15, 0.2) is 35.1 Å². The molecule has 0 saturated carbocycles. The van der Waals surface area contributed by atoms with E-state index < -0.39 is 0 Å². The number of rotatable bonds is 3. The van der Waals surface area contributed by atoms with Crippen molar-refractivity contribution in [2.24, 2.45) is 0 Å². The molecule has 2 aromatic heterocycles. The molecule has 3 heterocycles. The summed E-state index contributed by atoms with van der Waals surface area (Å²) in [5.41, 5.74) is 0.526. The molecule has 0 N–H and O–H groups in total. The molecule has 1 atom stereocenters. The van der Waals surface area contributed by atoms with Gasteiger partial charge < -0.3 is 14.4 Å². The van der Waals surface area contributed by atoms with E-state index in [1.807, 2.05) is 36.2 Å². The van der Waals surface area contributed by atoms with Gasteiger partial charge in [0, 0.05) is 18.8 Å². The first-order valence-electron chi connectivity index (χ1n) is 7.57. The second kappa shape index (κ2) is 5.79. The van der Waals surface area contributed by atoms with E-state index in [1.54, 1.807) is 6.92 Å². The molecule has 0 amide bonds. The van der Waals surface area contributed by atoms with Gasteiger partial charge in [-0.1, -0.05) is 23.5 Å². The van der Waals surface area contributed by atoms with E-state index in [4.69, 9.17) is 9.47 Å². The molecular weight excluding hydrogens is 328 g/mol. The molecule has 24 heavy (non-hydrogen) atoms. The molecule has 1 aliphatic heterocycles. The van der Waals surface area contributed by atoms with E-state index >= 15 is 0 Å². The third-order valence-electron chi connectivity index (χ3n) is 3.73. The van der Waals surface area contributed by atoms with Gasteiger partial charge in [-0.3, -0.25) is 4.79 Å². The lowest BCUT2D eigenvalue weighted by Gasteiger charge is -2.29. The van der Waals surface area contributed by atoms with Crippen molar-refractivity contribution in [3.63, 3.8) is 0 Å². The lowest BCUT2D eigenvalue weighted by molar-refractivity contribution is 0.0960. The highest BCUT2D eigenvalue weighted by Gasteiger charge is 2.23. The molecule has 0 spiro atoms. The van der Waals surface area contributed by atoms with E-state index in [0.717, 1.165) is 11.5 Å². The molecule has 0 saturated heterocycles. The molecule has 7 nitrogen and oxygen atoms in total. The van der Waals surface area contributed by atoms with Gasteiger partial charge in [0.05, 0.1) is 6.54 Å². The molecule has 0 bridgehead atoms. The fourth-order valence-electron chi connectivity index (χ4n) is 2.60. The summed E-state index contributed by atoms with van der Waals surface area (Å²) in [4.78, 5) is 18.9. The average Bonchev–Trinajstić information content (AvgIpc) is 2.99. The van der Waals surface area contributed by atoms with Gasteiger partial charge >= 0.3 is 0 Å². The number of para-hydroxylation sites is 2. The third kappa shape index (κ3) is 2.69. The van der Waals surface area contributed by atoms with Crippen molar-refractivity contribution < 1.29 is 9.47 Å². The first-order valence-corrected chi connectivity index (χ1v) is 8.39. The number of ether oxygens (including phenoxy) is 2. The number of anilines is 1. The van der Waals surface area contributed by atoms with Crippen LogP contribution in [0.5, 0.6) is 11.5 Å².